The van der Waals surface area contributed by atoms with Crippen molar-refractivity contribution in [3.63, 3.8) is 0 Å². The standard InChI is InChI=1S/C30H25F4N7O3S2/c1-35-12-4-6-17-10-11-22(20(31)14-17)44-13-5-9-24-25(27(42)43)38-28(46-24)36-16-18-15-19(30(32,33)34)26(41-40-18)39-29-37-21-7-2-3-8-23(21)45-29/h2-3,7-8,10-11,14-15,35H,5,9,12-13,16H2,1H3,(H,36,38)(H,42,43)(H,37,39,41). The molecule has 4 N–H and O–H groups in total. The molecule has 0 atom stereocenters. The van der Waals surface area contributed by atoms with Crippen LogP contribution in [-0.2, 0) is 19.1 Å². The van der Waals surface area contributed by atoms with Gasteiger partial charge < -0.3 is 25.8 Å². The van der Waals surface area contributed by atoms with E-state index >= 15 is 0 Å². The molecular formula is C30H25F4N7O3S2. The maximum absolute atomic E-state index is 14.4. The van der Waals surface area contributed by atoms with Crippen molar-refractivity contribution < 1.29 is 32.2 Å². The number of para-hydroxylation sites is 1. The highest BCUT2D eigenvalue weighted by Gasteiger charge is 2.35. The summed E-state index contributed by atoms with van der Waals surface area (Å²) < 4.78 is 62.5. The zero-order valence-electron chi connectivity index (χ0n) is 24.0. The smallest absolute Gasteiger partial charge is 0.420 e. The lowest BCUT2D eigenvalue weighted by atomic mass is 10.2. The van der Waals surface area contributed by atoms with Crippen LogP contribution in [0.2, 0.25) is 0 Å². The molecule has 5 rings (SSSR count). The molecule has 10 nitrogen and oxygen atoms in total. The maximum atomic E-state index is 14.4. The Labute approximate surface area is 267 Å². The second-order valence-corrected chi connectivity index (χ2v) is 11.7. The number of fused-ring (bicyclic) bond motifs is 1. The number of aromatic carboxylic acids is 1. The van der Waals surface area contributed by atoms with Crippen molar-refractivity contribution in [3.8, 4) is 17.6 Å². The Bertz CT molecular complexity index is 1890. The van der Waals surface area contributed by atoms with E-state index in [2.05, 4.69) is 48.0 Å². The van der Waals surface area contributed by atoms with Gasteiger partial charge in [0.2, 0.25) is 0 Å². The number of carboxylic acids is 1. The van der Waals surface area contributed by atoms with Crippen LogP contribution in [0.4, 0.5) is 33.6 Å². The first-order valence-corrected chi connectivity index (χ1v) is 15.3. The van der Waals surface area contributed by atoms with Crippen LogP contribution in [-0.4, -0.2) is 51.4 Å². The number of hydrogen-bond donors (Lipinski definition) is 4. The van der Waals surface area contributed by atoms with Crippen LogP contribution in [0.25, 0.3) is 10.2 Å². The molecule has 0 fully saturated rings. The number of carbonyl (C=O) groups is 1. The third kappa shape index (κ3) is 8.24. The van der Waals surface area contributed by atoms with Crippen molar-refractivity contribution in [2.45, 2.75) is 25.6 Å². The summed E-state index contributed by atoms with van der Waals surface area (Å²) in [4.78, 5) is 20.6. The number of carboxylic acid groups (broad SMARTS) is 1. The first kappa shape index (κ1) is 32.5. The number of thiazole rings is 2. The van der Waals surface area contributed by atoms with Gasteiger partial charge in [0.25, 0.3) is 0 Å². The topological polar surface area (TPSA) is 134 Å². The number of ether oxygens (including phenoxy) is 1. The molecule has 0 aliphatic rings. The molecule has 0 spiro atoms. The molecule has 0 amide bonds. The van der Waals surface area contributed by atoms with Gasteiger partial charge in [-0.1, -0.05) is 35.3 Å². The molecule has 0 aliphatic heterocycles. The Kier molecular flexibility index (Phi) is 10.3. The summed E-state index contributed by atoms with van der Waals surface area (Å²) in [6.07, 6.45) is -4.11. The number of aromatic nitrogens is 4. The molecule has 16 heteroatoms. The molecular weight excluding hydrogens is 647 g/mol. The zero-order valence-corrected chi connectivity index (χ0v) is 25.7. The molecule has 0 radical (unpaired) electrons. The summed E-state index contributed by atoms with van der Waals surface area (Å²) in [6, 6.07) is 12.4. The largest absolute Gasteiger partial charge is 0.491 e. The average Bonchev–Trinajstić information content (AvgIpc) is 3.63. The Morgan fingerprint density at radius 3 is 2.63 bits per heavy atom. The third-order valence-electron chi connectivity index (χ3n) is 6.23. The van der Waals surface area contributed by atoms with E-state index in [9.17, 15) is 27.5 Å². The van der Waals surface area contributed by atoms with Crippen LogP contribution in [0.3, 0.4) is 0 Å². The second kappa shape index (κ2) is 14.5. The number of hydrogen-bond acceptors (Lipinski definition) is 11. The third-order valence-corrected chi connectivity index (χ3v) is 8.25. The number of rotatable bonds is 12. The van der Waals surface area contributed by atoms with E-state index in [4.69, 9.17) is 4.74 Å². The Hall–Kier alpha value is -4.85. The molecule has 3 aromatic heterocycles. The van der Waals surface area contributed by atoms with Gasteiger partial charge in [0.05, 0.1) is 35.6 Å². The van der Waals surface area contributed by atoms with E-state index in [1.165, 1.54) is 23.5 Å². The predicted molar refractivity (Wildman–Crippen MR) is 167 cm³/mol. The Morgan fingerprint density at radius 2 is 1.89 bits per heavy atom. The van der Waals surface area contributed by atoms with E-state index in [0.29, 0.717) is 28.9 Å². The van der Waals surface area contributed by atoms with Crippen LogP contribution in [0, 0.1) is 17.7 Å². The molecule has 0 saturated carbocycles. The van der Waals surface area contributed by atoms with E-state index in [-0.39, 0.29) is 47.0 Å². The van der Waals surface area contributed by atoms with E-state index in [0.717, 1.165) is 22.1 Å². The van der Waals surface area contributed by atoms with Crippen molar-refractivity contribution in [1.29, 1.82) is 0 Å². The van der Waals surface area contributed by atoms with Crippen LogP contribution < -0.4 is 20.7 Å². The van der Waals surface area contributed by atoms with Crippen molar-refractivity contribution in [2.24, 2.45) is 0 Å². The summed E-state index contributed by atoms with van der Waals surface area (Å²) >= 11 is 2.23. The van der Waals surface area contributed by atoms with Crippen LogP contribution in [0.5, 0.6) is 5.75 Å². The minimum absolute atomic E-state index is 0.0368. The van der Waals surface area contributed by atoms with Crippen molar-refractivity contribution >= 4 is 54.9 Å². The normalized spacial score (nSPS) is 11.2. The molecule has 0 unspecified atom stereocenters. The lowest BCUT2D eigenvalue weighted by Gasteiger charge is -2.13. The molecule has 238 valence electrons. The maximum Gasteiger partial charge on any atom is 0.420 e. The zero-order chi connectivity index (χ0) is 32.7. The van der Waals surface area contributed by atoms with Gasteiger partial charge in [0.1, 0.15) is 5.56 Å². The number of alkyl halides is 3. The van der Waals surface area contributed by atoms with Crippen LogP contribution >= 0.6 is 22.7 Å². The molecule has 3 heterocycles. The van der Waals surface area contributed by atoms with Crippen molar-refractivity contribution in [2.75, 3.05) is 30.8 Å². The van der Waals surface area contributed by atoms with Gasteiger partial charge in [-0.3, -0.25) is 0 Å². The second-order valence-electron chi connectivity index (χ2n) is 9.59. The number of aryl methyl sites for hydroxylation is 1. The van der Waals surface area contributed by atoms with Gasteiger partial charge in [-0.25, -0.2) is 19.2 Å². The Balaban J connectivity index is 1.20. The van der Waals surface area contributed by atoms with Crippen LogP contribution in [0.15, 0.2) is 48.5 Å². The fraction of sp³-hybridized carbons (Fsp3) is 0.233. The summed E-state index contributed by atoms with van der Waals surface area (Å²) in [7, 11) is 1.76. The summed E-state index contributed by atoms with van der Waals surface area (Å²) in [5, 5.41) is 26.0. The van der Waals surface area contributed by atoms with E-state index < -0.39 is 29.3 Å². The van der Waals surface area contributed by atoms with Gasteiger partial charge in [-0.15, -0.1) is 16.4 Å². The first-order chi connectivity index (χ1) is 22.1. The summed E-state index contributed by atoms with van der Waals surface area (Å²) in [5.41, 5.74) is -0.115. The van der Waals surface area contributed by atoms with E-state index in [1.807, 2.05) is 6.07 Å². The minimum atomic E-state index is -4.73. The van der Waals surface area contributed by atoms with E-state index in [1.54, 1.807) is 31.3 Å². The number of benzene rings is 2. The lowest BCUT2D eigenvalue weighted by Crippen LogP contribution is -2.14. The highest BCUT2D eigenvalue weighted by Crippen LogP contribution is 2.36. The summed E-state index contributed by atoms with van der Waals surface area (Å²) in [6.45, 7) is 0.382. The fourth-order valence-corrected chi connectivity index (χ4v) is 5.98. The van der Waals surface area contributed by atoms with Gasteiger partial charge in [0, 0.05) is 10.4 Å². The number of nitrogens with zero attached hydrogens (tertiary/aromatic N) is 4. The number of nitrogens with one attached hydrogen (secondary N) is 3. The predicted octanol–water partition coefficient (Wildman–Crippen LogP) is 6.34. The Morgan fingerprint density at radius 1 is 1.07 bits per heavy atom. The van der Waals surface area contributed by atoms with Gasteiger partial charge >= 0.3 is 12.1 Å². The monoisotopic (exact) mass is 671 g/mol. The highest BCUT2D eigenvalue weighted by atomic mass is 32.1. The number of anilines is 3. The first-order valence-electron chi connectivity index (χ1n) is 13.7. The minimum Gasteiger partial charge on any atom is -0.491 e. The average molecular weight is 672 g/mol. The van der Waals surface area contributed by atoms with Crippen LogP contribution in [0.1, 0.15) is 38.6 Å². The summed E-state index contributed by atoms with van der Waals surface area (Å²) in [5.74, 6) is 3.40. The fourth-order valence-electron chi connectivity index (χ4n) is 4.13. The molecule has 0 aliphatic carbocycles. The number of halogens is 4. The van der Waals surface area contributed by atoms with Gasteiger partial charge in [0.15, 0.2) is 33.3 Å². The van der Waals surface area contributed by atoms with Crippen molar-refractivity contribution in [1.82, 2.24) is 25.5 Å². The highest BCUT2D eigenvalue weighted by molar-refractivity contribution is 7.22. The molecule has 5 aromatic rings. The lowest BCUT2D eigenvalue weighted by molar-refractivity contribution is -0.137. The molecule has 0 bridgehead atoms. The van der Waals surface area contributed by atoms with Crippen molar-refractivity contribution in [3.05, 3.63) is 81.7 Å². The van der Waals surface area contributed by atoms with Gasteiger partial charge in [-0.2, -0.15) is 18.3 Å². The molecule has 46 heavy (non-hydrogen) atoms. The van der Waals surface area contributed by atoms with Gasteiger partial charge in [-0.05, 0) is 56.3 Å². The molecule has 0 saturated heterocycles. The molecule has 2 aromatic carbocycles. The quantitative estimate of drug-likeness (QED) is 0.0677. The SMILES string of the molecule is CNCC#Cc1ccc(OCCCc2sc(NCc3cc(C(F)(F)F)c(Nc4nc5ccccc5s4)nn3)nc2C(=O)O)c(F)c1.